The van der Waals surface area contributed by atoms with Crippen LogP contribution < -0.4 is 16.0 Å². The molecule has 1 aromatic rings. The van der Waals surface area contributed by atoms with Gasteiger partial charge < -0.3 is 20.9 Å². The van der Waals surface area contributed by atoms with Crippen LogP contribution in [0.3, 0.4) is 0 Å². The first-order valence-corrected chi connectivity index (χ1v) is 9.55. The Labute approximate surface area is 148 Å². The first kappa shape index (κ1) is 19.1. The zero-order valence-electron chi connectivity index (χ0n) is 15.9. The van der Waals surface area contributed by atoms with Gasteiger partial charge in [-0.05, 0) is 89.4 Å². The highest BCUT2D eigenvalue weighted by Crippen LogP contribution is 2.29. The second-order valence-corrected chi connectivity index (χ2v) is 7.57. The lowest BCUT2D eigenvalue weighted by Crippen LogP contribution is -2.33. The highest BCUT2D eigenvalue weighted by atomic mass is 15.1. The van der Waals surface area contributed by atoms with Crippen LogP contribution in [0.1, 0.15) is 38.2 Å². The third kappa shape index (κ3) is 6.33. The van der Waals surface area contributed by atoms with Crippen molar-refractivity contribution in [2.24, 2.45) is 5.92 Å². The predicted octanol–water partition coefficient (Wildman–Crippen LogP) is 2.98. The van der Waals surface area contributed by atoms with Crippen molar-refractivity contribution in [1.29, 1.82) is 0 Å². The van der Waals surface area contributed by atoms with Crippen molar-refractivity contribution < 1.29 is 0 Å². The number of nitrogen functional groups attached to an aromatic ring is 1. The van der Waals surface area contributed by atoms with E-state index in [1.165, 1.54) is 36.9 Å². The predicted molar refractivity (Wildman–Crippen MR) is 106 cm³/mol. The number of nitrogens with one attached hydrogen (secondary N) is 1. The Kier molecular flexibility index (Phi) is 7.86. The molecular weight excluding hydrogens is 296 g/mol. The summed E-state index contributed by atoms with van der Waals surface area (Å²) >= 11 is 0. The zero-order chi connectivity index (χ0) is 17.4. The van der Waals surface area contributed by atoms with Crippen LogP contribution in [0, 0.1) is 5.92 Å². The molecule has 0 saturated carbocycles. The van der Waals surface area contributed by atoms with E-state index in [-0.39, 0.29) is 0 Å². The van der Waals surface area contributed by atoms with Gasteiger partial charge >= 0.3 is 0 Å². The Morgan fingerprint density at radius 1 is 1.17 bits per heavy atom. The zero-order valence-corrected chi connectivity index (χ0v) is 15.9. The quantitative estimate of drug-likeness (QED) is 0.539. The summed E-state index contributed by atoms with van der Waals surface area (Å²) in [5.41, 5.74) is 9.86. The summed E-state index contributed by atoms with van der Waals surface area (Å²) in [7, 11) is 4.25. The van der Waals surface area contributed by atoms with Gasteiger partial charge in [0.15, 0.2) is 0 Å². The van der Waals surface area contributed by atoms with Crippen molar-refractivity contribution in [2.45, 2.75) is 39.0 Å². The van der Waals surface area contributed by atoms with Gasteiger partial charge in [-0.15, -0.1) is 0 Å². The van der Waals surface area contributed by atoms with Crippen molar-refractivity contribution in [3.8, 4) is 0 Å². The number of nitrogens with zero attached hydrogens (tertiary/aromatic N) is 2. The number of piperidine rings is 1. The van der Waals surface area contributed by atoms with Gasteiger partial charge in [0.05, 0.1) is 11.4 Å². The van der Waals surface area contributed by atoms with E-state index < -0.39 is 0 Å². The van der Waals surface area contributed by atoms with E-state index in [4.69, 9.17) is 5.73 Å². The lowest BCUT2D eigenvalue weighted by molar-refractivity contribution is 0.394. The van der Waals surface area contributed by atoms with Crippen molar-refractivity contribution in [3.63, 3.8) is 0 Å². The molecule has 0 radical (unpaired) electrons. The van der Waals surface area contributed by atoms with Gasteiger partial charge in [0.2, 0.25) is 0 Å². The molecule has 1 heterocycles. The van der Waals surface area contributed by atoms with Crippen LogP contribution in [0.5, 0.6) is 0 Å². The summed E-state index contributed by atoms with van der Waals surface area (Å²) < 4.78 is 0. The Hall–Kier alpha value is -1.26. The monoisotopic (exact) mass is 332 g/mol. The summed E-state index contributed by atoms with van der Waals surface area (Å²) in [6.45, 7) is 7.97. The molecule has 3 N–H and O–H groups in total. The SMILES string of the molecule is CC1CCN(c2ccc(CCCNCCCN(C)C)cc2N)CC1. The summed E-state index contributed by atoms with van der Waals surface area (Å²) in [6, 6.07) is 6.67. The number of hydrogen-bond donors (Lipinski definition) is 2. The van der Waals surface area contributed by atoms with E-state index in [1.807, 2.05) is 0 Å². The second kappa shape index (κ2) is 9.90. The van der Waals surface area contributed by atoms with E-state index in [1.54, 1.807) is 0 Å². The molecule has 1 aromatic carbocycles. The fraction of sp³-hybridized carbons (Fsp3) is 0.700. The Morgan fingerprint density at radius 3 is 2.54 bits per heavy atom. The molecule has 1 fully saturated rings. The van der Waals surface area contributed by atoms with Crippen molar-refractivity contribution in [3.05, 3.63) is 23.8 Å². The molecule has 1 aliphatic heterocycles. The number of rotatable bonds is 9. The molecule has 0 unspecified atom stereocenters. The standard InChI is InChI=1S/C20H36N4/c1-17-9-14-24(15-10-17)20-8-7-18(16-19(20)21)6-4-11-22-12-5-13-23(2)3/h7-8,16-17,22H,4-6,9-15,21H2,1-3H3. The molecule has 2 rings (SSSR count). The van der Waals surface area contributed by atoms with E-state index in [2.05, 4.69) is 54.3 Å². The van der Waals surface area contributed by atoms with Crippen LogP contribution in [0.15, 0.2) is 18.2 Å². The molecule has 0 atom stereocenters. The molecule has 24 heavy (non-hydrogen) atoms. The van der Waals surface area contributed by atoms with Crippen LogP contribution in [0.2, 0.25) is 0 Å². The maximum atomic E-state index is 6.32. The summed E-state index contributed by atoms with van der Waals surface area (Å²) in [5.74, 6) is 0.854. The molecule has 136 valence electrons. The molecule has 4 heteroatoms. The highest BCUT2D eigenvalue weighted by Gasteiger charge is 2.17. The minimum Gasteiger partial charge on any atom is -0.397 e. The summed E-state index contributed by atoms with van der Waals surface area (Å²) in [6.07, 6.45) is 6.04. The van der Waals surface area contributed by atoms with Gasteiger partial charge in [0.25, 0.3) is 0 Å². The molecule has 0 spiro atoms. The van der Waals surface area contributed by atoms with Crippen molar-refractivity contribution in [2.75, 3.05) is 57.5 Å². The maximum Gasteiger partial charge on any atom is 0.0600 e. The van der Waals surface area contributed by atoms with Crippen LogP contribution >= 0.6 is 0 Å². The molecule has 1 aliphatic rings. The van der Waals surface area contributed by atoms with Crippen molar-refractivity contribution >= 4 is 11.4 Å². The normalized spacial score (nSPS) is 16.1. The molecule has 0 amide bonds. The Bertz CT molecular complexity index is 479. The highest BCUT2D eigenvalue weighted by molar-refractivity contribution is 5.68. The molecule has 0 aliphatic carbocycles. The van der Waals surface area contributed by atoms with Crippen LogP contribution in [-0.4, -0.2) is 51.7 Å². The van der Waals surface area contributed by atoms with Gasteiger partial charge in [-0.25, -0.2) is 0 Å². The smallest absolute Gasteiger partial charge is 0.0600 e. The summed E-state index contributed by atoms with van der Waals surface area (Å²) in [4.78, 5) is 4.68. The first-order chi connectivity index (χ1) is 11.6. The van der Waals surface area contributed by atoms with E-state index in [0.717, 1.165) is 50.7 Å². The molecule has 0 bridgehead atoms. The second-order valence-electron chi connectivity index (χ2n) is 7.57. The number of aryl methyl sites for hydroxylation is 1. The fourth-order valence-corrected chi connectivity index (χ4v) is 3.36. The Morgan fingerprint density at radius 2 is 1.88 bits per heavy atom. The van der Waals surface area contributed by atoms with E-state index in [0.29, 0.717) is 0 Å². The number of anilines is 2. The topological polar surface area (TPSA) is 44.5 Å². The largest absolute Gasteiger partial charge is 0.397 e. The van der Waals surface area contributed by atoms with Gasteiger partial charge in [-0.2, -0.15) is 0 Å². The van der Waals surface area contributed by atoms with Crippen LogP contribution in [0.4, 0.5) is 11.4 Å². The minimum atomic E-state index is 0.854. The van der Waals surface area contributed by atoms with Gasteiger partial charge in [0, 0.05) is 13.1 Å². The molecular formula is C20H36N4. The molecule has 0 aromatic heterocycles. The number of nitrogens with two attached hydrogens (primary N) is 1. The number of benzene rings is 1. The maximum absolute atomic E-state index is 6.32. The number of hydrogen-bond acceptors (Lipinski definition) is 4. The Balaban J connectivity index is 1.70. The van der Waals surface area contributed by atoms with Gasteiger partial charge in [0.1, 0.15) is 0 Å². The van der Waals surface area contributed by atoms with Gasteiger partial charge in [-0.1, -0.05) is 13.0 Å². The van der Waals surface area contributed by atoms with Crippen LogP contribution in [0.25, 0.3) is 0 Å². The minimum absolute atomic E-state index is 0.854. The fourth-order valence-electron chi connectivity index (χ4n) is 3.36. The third-order valence-electron chi connectivity index (χ3n) is 4.99. The lowest BCUT2D eigenvalue weighted by atomic mass is 9.98. The van der Waals surface area contributed by atoms with E-state index >= 15 is 0 Å². The van der Waals surface area contributed by atoms with E-state index in [9.17, 15) is 0 Å². The molecule has 4 nitrogen and oxygen atoms in total. The first-order valence-electron chi connectivity index (χ1n) is 9.55. The molecule has 1 saturated heterocycles. The third-order valence-corrected chi connectivity index (χ3v) is 4.99. The van der Waals surface area contributed by atoms with Gasteiger partial charge in [-0.3, -0.25) is 0 Å². The average Bonchev–Trinajstić information content (AvgIpc) is 2.55. The average molecular weight is 333 g/mol. The lowest BCUT2D eigenvalue weighted by Gasteiger charge is -2.33. The van der Waals surface area contributed by atoms with Crippen molar-refractivity contribution in [1.82, 2.24) is 10.2 Å². The van der Waals surface area contributed by atoms with Crippen LogP contribution in [-0.2, 0) is 6.42 Å². The summed E-state index contributed by atoms with van der Waals surface area (Å²) in [5, 5.41) is 3.53.